The Hall–Kier alpha value is -3.35. The second kappa shape index (κ2) is 8.11. The largest absolute Gasteiger partial charge is 0.481 e. The molecule has 1 unspecified atom stereocenters. The van der Waals surface area contributed by atoms with Crippen LogP contribution in [0.1, 0.15) is 55.6 Å². The van der Waals surface area contributed by atoms with Crippen LogP contribution in [0.3, 0.4) is 0 Å². The number of nitrogens with one attached hydrogen (secondary N) is 1. The molecule has 2 N–H and O–H groups in total. The van der Waals surface area contributed by atoms with Crippen molar-refractivity contribution < 1.29 is 24.2 Å². The second-order valence-electron chi connectivity index (χ2n) is 10.8. The standard InChI is InChI=1S/C28H30N2O5/c31-24(30-15-23(25(32)33)27(17-30)12-13-27)14-28(10-5-11-28)29-26(34)35-16-22-20-8-3-1-6-18(20)19-7-2-4-9-21(19)22/h1-4,6-9,22-23H,5,10-17H2,(H,29,34)(H,32,33). The van der Waals surface area contributed by atoms with Gasteiger partial charge in [-0.05, 0) is 54.4 Å². The third-order valence-corrected chi connectivity index (χ3v) is 8.70. The van der Waals surface area contributed by atoms with Crippen molar-refractivity contribution in [3.05, 3.63) is 59.7 Å². The number of likely N-dealkylation sites (tertiary alicyclic amines) is 1. The van der Waals surface area contributed by atoms with E-state index >= 15 is 0 Å². The second-order valence-corrected chi connectivity index (χ2v) is 10.8. The highest BCUT2D eigenvalue weighted by Crippen LogP contribution is 2.56. The third kappa shape index (κ3) is 3.77. The van der Waals surface area contributed by atoms with E-state index in [0.717, 1.165) is 43.2 Å². The molecule has 1 aliphatic heterocycles. The molecule has 6 rings (SSSR count). The van der Waals surface area contributed by atoms with Crippen LogP contribution in [0.15, 0.2) is 48.5 Å². The molecule has 0 aromatic heterocycles. The molecule has 3 fully saturated rings. The van der Waals surface area contributed by atoms with Crippen molar-refractivity contribution in [1.82, 2.24) is 10.2 Å². The lowest BCUT2D eigenvalue weighted by Gasteiger charge is -2.42. The van der Waals surface area contributed by atoms with Gasteiger partial charge in [-0.25, -0.2) is 4.79 Å². The molecular weight excluding hydrogens is 444 g/mol. The summed E-state index contributed by atoms with van der Waals surface area (Å²) < 4.78 is 5.72. The highest BCUT2D eigenvalue weighted by molar-refractivity contribution is 5.82. The smallest absolute Gasteiger partial charge is 0.407 e. The molecule has 2 saturated carbocycles. The Morgan fingerprint density at radius 1 is 0.971 bits per heavy atom. The van der Waals surface area contributed by atoms with E-state index in [0.29, 0.717) is 6.54 Å². The number of carboxylic acids is 1. The van der Waals surface area contributed by atoms with E-state index in [4.69, 9.17) is 4.74 Å². The van der Waals surface area contributed by atoms with Crippen LogP contribution in [0.2, 0.25) is 0 Å². The monoisotopic (exact) mass is 474 g/mol. The molecule has 1 atom stereocenters. The molecular formula is C28H30N2O5. The van der Waals surface area contributed by atoms with Crippen LogP contribution in [0.4, 0.5) is 4.79 Å². The molecule has 2 aromatic carbocycles. The van der Waals surface area contributed by atoms with Crippen LogP contribution in [-0.4, -0.2) is 53.2 Å². The Balaban J connectivity index is 1.09. The Morgan fingerprint density at radius 2 is 1.60 bits per heavy atom. The van der Waals surface area contributed by atoms with Crippen LogP contribution in [-0.2, 0) is 14.3 Å². The highest BCUT2D eigenvalue weighted by Gasteiger charge is 2.59. The third-order valence-electron chi connectivity index (χ3n) is 8.70. The average Bonchev–Trinajstić information content (AvgIpc) is 3.37. The summed E-state index contributed by atoms with van der Waals surface area (Å²) in [5.41, 5.74) is 3.84. The zero-order chi connectivity index (χ0) is 24.2. The molecule has 3 aliphatic carbocycles. The average molecular weight is 475 g/mol. The summed E-state index contributed by atoms with van der Waals surface area (Å²) in [4.78, 5) is 39.3. The molecule has 35 heavy (non-hydrogen) atoms. The van der Waals surface area contributed by atoms with Crippen molar-refractivity contribution in [3.8, 4) is 11.1 Å². The maximum absolute atomic E-state index is 13.1. The number of fused-ring (bicyclic) bond motifs is 3. The fourth-order valence-corrected chi connectivity index (χ4v) is 6.37. The predicted octanol–water partition coefficient (Wildman–Crippen LogP) is 4.16. The van der Waals surface area contributed by atoms with Gasteiger partial charge in [0.15, 0.2) is 0 Å². The molecule has 4 aliphatic rings. The summed E-state index contributed by atoms with van der Waals surface area (Å²) in [5, 5.41) is 12.6. The van der Waals surface area contributed by atoms with Crippen LogP contribution < -0.4 is 5.32 Å². The van der Waals surface area contributed by atoms with E-state index in [1.165, 1.54) is 11.1 Å². The van der Waals surface area contributed by atoms with Gasteiger partial charge in [0, 0.05) is 24.4 Å². The number of aliphatic carboxylic acids is 1. The lowest BCUT2D eigenvalue weighted by atomic mass is 9.74. The van der Waals surface area contributed by atoms with Crippen LogP contribution in [0.5, 0.6) is 0 Å². The van der Waals surface area contributed by atoms with Gasteiger partial charge in [0.25, 0.3) is 0 Å². The van der Waals surface area contributed by atoms with Gasteiger partial charge >= 0.3 is 12.1 Å². The number of carbonyl (C=O) groups excluding carboxylic acids is 2. The number of ether oxygens (including phenoxy) is 1. The molecule has 2 aromatic rings. The molecule has 1 spiro atoms. The van der Waals surface area contributed by atoms with Gasteiger partial charge in [0.2, 0.25) is 5.91 Å². The number of benzene rings is 2. The molecule has 7 heteroatoms. The zero-order valence-corrected chi connectivity index (χ0v) is 19.7. The quantitative estimate of drug-likeness (QED) is 0.655. The Kier molecular flexibility index (Phi) is 5.13. The van der Waals surface area contributed by atoms with Gasteiger partial charge in [-0.2, -0.15) is 0 Å². The summed E-state index contributed by atoms with van der Waals surface area (Å²) in [7, 11) is 0. The Morgan fingerprint density at radius 3 is 2.11 bits per heavy atom. The van der Waals surface area contributed by atoms with E-state index in [1.54, 1.807) is 4.90 Å². The van der Waals surface area contributed by atoms with E-state index in [2.05, 4.69) is 29.6 Å². The van der Waals surface area contributed by atoms with Crippen molar-refractivity contribution in [1.29, 1.82) is 0 Å². The number of hydrogen-bond acceptors (Lipinski definition) is 4. The minimum atomic E-state index is -0.812. The number of nitrogens with zero attached hydrogens (tertiary/aromatic N) is 1. The van der Waals surface area contributed by atoms with Crippen LogP contribution >= 0.6 is 0 Å². The maximum atomic E-state index is 13.1. The van der Waals surface area contributed by atoms with Crippen molar-refractivity contribution >= 4 is 18.0 Å². The zero-order valence-electron chi connectivity index (χ0n) is 19.7. The first-order valence-corrected chi connectivity index (χ1v) is 12.5. The SMILES string of the molecule is O=C(NC1(CC(=O)N2CC(C(=O)O)C3(CC3)C2)CCC1)OCC1c2ccccc2-c2ccccc21. The highest BCUT2D eigenvalue weighted by atomic mass is 16.5. The summed E-state index contributed by atoms with van der Waals surface area (Å²) in [6.45, 7) is 1.03. The first kappa shape index (κ1) is 22.1. The molecule has 7 nitrogen and oxygen atoms in total. The van der Waals surface area contributed by atoms with E-state index < -0.39 is 23.5 Å². The number of carbonyl (C=O) groups is 3. The van der Waals surface area contributed by atoms with Gasteiger partial charge in [-0.1, -0.05) is 48.5 Å². The van der Waals surface area contributed by atoms with Crippen molar-refractivity contribution in [2.24, 2.45) is 11.3 Å². The number of rotatable bonds is 6. The topological polar surface area (TPSA) is 95.9 Å². The van der Waals surface area contributed by atoms with Gasteiger partial charge < -0.3 is 20.1 Å². The van der Waals surface area contributed by atoms with Crippen LogP contribution in [0.25, 0.3) is 11.1 Å². The van der Waals surface area contributed by atoms with Gasteiger partial charge in [-0.3, -0.25) is 9.59 Å². The van der Waals surface area contributed by atoms with E-state index in [1.807, 2.05) is 24.3 Å². The molecule has 1 heterocycles. The molecule has 0 bridgehead atoms. The summed E-state index contributed by atoms with van der Waals surface area (Å²) >= 11 is 0. The van der Waals surface area contributed by atoms with Crippen molar-refractivity contribution in [2.45, 2.75) is 50.0 Å². The minimum Gasteiger partial charge on any atom is -0.481 e. The van der Waals surface area contributed by atoms with E-state index in [9.17, 15) is 19.5 Å². The number of alkyl carbamates (subject to hydrolysis) is 1. The first-order chi connectivity index (χ1) is 16.9. The summed E-state index contributed by atoms with van der Waals surface area (Å²) in [5.74, 6) is -1.37. The molecule has 1 saturated heterocycles. The lowest BCUT2D eigenvalue weighted by molar-refractivity contribution is -0.143. The molecule has 182 valence electrons. The molecule has 2 amide bonds. The van der Waals surface area contributed by atoms with Gasteiger partial charge in [-0.15, -0.1) is 0 Å². The predicted molar refractivity (Wildman–Crippen MR) is 129 cm³/mol. The fraction of sp³-hybridized carbons (Fsp3) is 0.464. The minimum absolute atomic E-state index is 0.0144. The summed E-state index contributed by atoms with van der Waals surface area (Å²) in [6.07, 6.45) is 3.84. The van der Waals surface area contributed by atoms with Gasteiger partial charge in [0.1, 0.15) is 6.61 Å². The normalized spacial score (nSPS) is 22.7. The van der Waals surface area contributed by atoms with Gasteiger partial charge in [0.05, 0.1) is 17.9 Å². The Labute approximate surface area is 204 Å². The maximum Gasteiger partial charge on any atom is 0.407 e. The van der Waals surface area contributed by atoms with Crippen LogP contribution in [0, 0.1) is 11.3 Å². The number of amides is 2. The Bertz CT molecular complexity index is 1150. The number of carboxylic acid groups (broad SMARTS) is 1. The van der Waals surface area contributed by atoms with Crippen molar-refractivity contribution in [3.63, 3.8) is 0 Å². The lowest BCUT2D eigenvalue weighted by Crippen LogP contribution is -2.56. The van der Waals surface area contributed by atoms with Crippen molar-refractivity contribution in [2.75, 3.05) is 19.7 Å². The van der Waals surface area contributed by atoms with E-state index in [-0.39, 0.29) is 36.8 Å². The first-order valence-electron chi connectivity index (χ1n) is 12.5. The fourth-order valence-electron chi connectivity index (χ4n) is 6.37. The molecule has 0 radical (unpaired) electrons. The summed E-state index contributed by atoms with van der Waals surface area (Å²) in [6, 6.07) is 16.4. The number of hydrogen-bond donors (Lipinski definition) is 2.